The lowest BCUT2D eigenvalue weighted by Gasteiger charge is -2.26. The van der Waals surface area contributed by atoms with E-state index in [9.17, 15) is 5.26 Å². The van der Waals surface area contributed by atoms with E-state index in [4.69, 9.17) is 18.3 Å². The van der Waals surface area contributed by atoms with E-state index in [1.165, 1.54) is 0 Å². The molecule has 8 nitrogen and oxygen atoms in total. The molecule has 0 saturated carbocycles. The van der Waals surface area contributed by atoms with Gasteiger partial charge in [-0.15, -0.1) is 0 Å². The highest BCUT2D eigenvalue weighted by Gasteiger charge is 2.23. The molecule has 1 aliphatic rings. The highest BCUT2D eigenvalue weighted by molar-refractivity contribution is 5.56. The summed E-state index contributed by atoms with van der Waals surface area (Å²) in [6.45, 7) is 6.05. The number of piperazine rings is 1. The monoisotopic (exact) mass is 394 g/mol. The molecule has 0 amide bonds. The zero-order valence-corrected chi connectivity index (χ0v) is 16.2. The summed E-state index contributed by atoms with van der Waals surface area (Å²) in [5.41, 5.74) is 0.269. The third-order valence-corrected chi connectivity index (χ3v) is 4.51. The fourth-order valence-electron chi connectivity index (χ4n) is 3.10. The highest BCUT2D eigenvalue weighted by atomic mass is 16.5. The minimum Gasteiger partial charge on any atom is -0.494 e. The Morgan fingerprint density at radius 3 is 2.48 bits per heavy atom. The van der Waals surface area contributed by atoms with Crippen molar-refractivity contribution in [2.75, 3.05) is 37.7 Å². The molecule has 4 rings (SSSR count). The van der Waals surface area contributed by atoms with E-state index in [2.05, 4.69) is 16.4 Å². The van der Waals surface area contributed by atoms with Crippen molar-refractivity contribution in [2.24, 2.45) is 0 Å². The van der Waals surface area contributed by atoms with E-state index in [-0.39, 0.29) is 12.3 Å². The van der Waals surface area contributed by atoms with Crippen LogP contribution in [0.4, 0.5) is 5.88 Å². The van der Waals surface area contributed by atoms with Crippen LogP contribution < -0.4 is 19.7 Å². The van der Waals surface area contributed by atoms with Crippen LogP contribution in [0.2, 0.25) is 0 Å². The van der Waals surface area contributed by atoms with Crippen LogP contribution in [-0.4, -0.2) is 37.8 Å². The van der Waals surface area contributed by atoms with Gasteiger partial charge in [0, 0.05) is 26.2 Å². The number of furan rings is 1. The maximum absolute atomic E-state index is 9.40. The summed E-state index contributed by atoms with van der Waals surface area (Å²) < 4.78 is 22.8. The first-order chi connectivity index (χ1) is 14.3. The van der Waals surface area contributed by atoms with Crippen LogP contribution in [-0.2, 0) is 6.61 Å². The second-order valence-electron chi connectivity index (χ2n) is 6.48. The molecule has 0 aliphatic carbocycles. The summed E-state index contributed by atoms with van der Waals surface area (Å²) in [6.07, 6.45) is 0. The minimum absolute atomic E-state index is 0.268. The molecule has 0 atom stereocenters. The number of anilines is 1. The molecule has 0 spiro atoms. The first kappa shape index (κ1) is 18.9. The van der Waals surface area contributed by atoms with Gasteiger partial charge in [-0.05, 0) is 43.3 Å². The van der Waals surface area contributed by atoms with E-state index < -0.39 is 0 Å². The number of benzene rings is 1. The van der Waals surface area contributed by atoms with E-state index >= 15 is 0 Å². The average molecular weight is 394 g/mol. The van der Waals surface area contributed by atoms with Crippen LogP contribution >= 0.6 is 0 Å². The second-order valence-corrected chi connectivity index (χ2v) is 6.48. The molecule has 1 N–H and O–H groups in total. The Hall–Kier alpha value is -3.44. The van der Waals surface area contributed by atoms with Gasteiger partial charge in [-0.3, -0.25) is 0 Å². The molecule has 2 aromatic heterocycles. The molecule has 1 aromatic carbocycles. The Bertz CT molecular complexity index is 981. The predicted octanol–water partition coefficient (Wildman–Crippen LogP) is 3.19. The third-order valence-electron chi connectivity index (χ3n) is 4.51. The summed E-state index contributed by atoms with van der Waals surface area (Å²) >= 11 is 0. The highest BCUT2D eigenvalue weighted by Crippen LogP contribution is 2.30. The van der Waals surface area contributed by atoms with E-state index in [0.717, 1.165) is 37.7 Å². The molecule has 0 unspecified atom stereocenters. The van der Waals surface area contributed by atoms with Crippen molar-refractivity contribution in [1.82, 2.24) is 10.3 Å². The van der Waals surface area contributed by atoms with E-state index in [1.807, 2.05) is 42.2 Å². The molecule has 150 valence electrons. The lowest BCUT2D eigenvalue weighted by atomic mass is 10.3. The first-order valence-corrected chi connectivity index (χ1v) is 9.58. The quantitative estimate of drug-likeness (QED) is 0.653. The van der Waals surface area contributed by atoms with Gasteiger partial charge in [0.15, 0.2) is 5.76 Å². The molecule has 1 aliphatic heterocycles. The van der Waals surface area contributed by atoms with Gasteiger partial charge in [-0.1, -0.05) is 0 Å². The van der Waals surface area contributed by atoms with E-state index in [1.54, 1.807) is 6.07 Å². The Morgan fingerprint density at radius 2 is 1.79 bits per heavy atom. The lowest BCUT2D eigenvalue weighted by molar-refractivity contribution is 0.270. The minimum atomic E-state index is 0.268. The fourth-order valence-corrected chi connectivity index (χ4v) is 3.10. The molecular formula is C21H22N4O4. The Balaban J connectivity index is 1.43. The molecule has 0 bridgehead atoms. The van der Waals surface area contributed by atoms with Gasteiger partial charge in [0.05, 0.1) is 6.61 Å². The van der Waals surface area contributed by atoms with Crippen LogP contribution in [0.5, 0.6) is 11.5 Å². The van der Waals surface area contributed by atoms with Crippen molar-refractivity contribution in [3.05, 3.63) is 47.9 Å². The standard InChI is InChI=1S/C21H22N4O4/c1-2-26-15-3-5-16(6-4-15)27-14-17-7-8-19(28-17)20-24-18(13-22)21(29-20)25-11-9-23-10-12-25/h3-8,23H,2,9-12,14H2,1H3. The average Bonchev–Trinajstić information content (AvgIpc) is 3.41. The van der Waals surface area contributed by atoms with Crippen molar-refractivity contribution < 1.29 is 18.3 Å². The van der Waals surface area contributed by atoms with Gasteiger partial charge in [0.25, 0.3) is 5.89 Å². The molecule has 0 radical (unpaired) electrons. The van der Waals surface area contributed by atoms with Crippen molar-refractivity contribution in [2.45, 2.75) is 13.5 Å². The van der Waals surface area contributed by atoms with Gasteiger partial charge in [-0.25, -0.2) is 0 Å². The van der Waals surface area contributed by atoms with Crippen LogP contribution in [0.25, 0.3) is 11.7 Å². The zero-order valence-electron chi connectivity index (χ0n) is 16.2. The Kier molecular flexibility index (Phi) is 5.68. The molecule has 3 heterocycles. The predicted molar refractivity (Wildman–Crippen MR) is 106 cm³/mol. The Morgan fingerprint density at radius 1 is 1.07 bits per heavy atom. The number of rotatable bonds is 7. The van der Waals surface area contributed by atoms with Gasteiger partial charge >= 0.3 is 0 Å². The molecule has 29 heavy (non-hydrogen) atoms. The number of aromatic nitrogens is 1. The van der Waals surface area contributed by atoms with E-state index in [0.29, 0.717) is 29.9 Å². The maximum atomic E-state index is 9.40. The molecule has 1 fully saturated rings. The number of nitriles is 1. The number of ether oxygens (including phenoxy) is 2. The summed E-state index contributed by atoms with van der Waals surface area (Å²) in [4.78, 5) is 6.31. The molecule has 3 aromatic rings. The third kappa shape index (κ3) is 4.36. The van der Waals surface area contributed by atoms with Gasteiger partial charge in [-0.2, -0.15) is 10.2 Å². The summed E-state index contributed by atoms with van der Waals surface area (Å²) in [5.74, 6) is 3.41. The Labute approximate surface area is 168 Å². The lowest BCUT2D eigenvalue weighted by Crippen LogP contribution is -2.43. The summed E-state index contributed by atoms with van der Waals surface area (Å²) in [5, 5.41) is 12.7. The molecule has 1 saturated heterocycles. The van der Waals surface area contributed by atoms with Crippen LogP contribution in [0.3, 0.4) is 0 Å². The van der Waals surface area contributed by atoms with Crippen LogP contribution in [0.1, 0.15) is 18.4 Å². The second kappa shape index (κ2) is 8.71. The van der Waals surface area contributed by atoms with Crippen LogP contribution in [0.15, 0.2) is 45.2 Å². The first-order valence-electron chi connectivity index (χ1n) is 9.58. The number of hydrogen-bond acceptors (Lipinski definition) is 8. The smallest absolute Gasteiger partial charge is 0.266 e. The SMILES string of the molecule is CCOc1ccc(OCc2ccc(-c3nc(C#N)c(N4CCNCC4)o3)o2)cc1. The number of oxazole rings is 1. The van der Waals surface area contributed by atoms with Crippen LogP contribution in [0, 0.1) is 11.3 Å². The maximum Gasteiger partial charge on any atom is 0.266 e. The van der Waals surface area contributed by atoms with Crippen molar-refractivity contribution >= 4 is 5.88 Å². The summed E-state index contributed by atoms with van der Waals surface area (Å²) in [7, 11) is 0. The normalized spacial score (nSPS) is 13.9. The number of nitrogens with zero attached hydrogens (tertiary/aromatic N) is 3. The van der Waals surface area contributed by atoms with Crippen molar-refractivity contribution in [3.8, 4) is 29.2 Å². The van der Waals surface area contributed by atoms with Gasteiger partial charge in [0.1, 0.15) is 29.9 Å². The molecular weight excluding hydrogens is 372 g/mol. The van der Waals surface area contributed by atoms with Crippen molar-refractivity contribution in [1.29, 1.82) is 5.26 Å². The van der Waals surface area contributed by atoms with Gasteiger partial charge in [0.2, 0.25) is 11.6 Å². The van der Waals surface area contributed by atoms with Gasteiger partial charge < -0.3 is 28.5 Å². The number of nitrogens with one attached hydrogen (secondary N) is 1. The topological polar surface area (TPSA) is 96.7 Å². The zero-order chi connectivity index (χ0) is 20.1. The molecule has 8 heteroatoms. The summed E-state index contributed by atoms with van der Waals surface area (Å²) in [6, 6.07) is 13.1. The fraction of sp³-hybridized carbons (Fsp3) is 0.333. The van der Waals surface area contributed by atoms with Crippen molar-refractivity contribution in [3.63, 3.8) is 0 Å². The number of hydrogen-bond donors (Lipinski definition) is 1. The largest absolute Gasteiger partial charge is 0.494 e.